The third kappa shape index (κ3) is 9.56. The van der Waals surface area contributed by atoms with E-state index in [1.165, 1.54) is 19.3 Å². The maximum Gasteiger partial charge on any atom is 0.187 e. The molecule has 6 aliphatic heterocycles. The molecule has 23 heteroatoms. The molecule has 0 unspecified atom stereocenters. The van der Waals surface area contributed by atoms with Crippen LogP contribution in [-0.2, 0) is 42.6 Å². The molecule has 32 atom stereocenters. The van der Waals surface area contributed by atoms with Crippen molar-refractivity contribution in [3.8, 4) is 0 Å². The van der Waals surface area contributed by atoms with Crippen molar-refractivity contribution < 1.29 is 109 Å². The minimum atomic E-state index is -2.03. The molecule has 74 heavy (non-hydrogen) atoms. The van der Waals surface area contributed by atoms with Crippen molar-refractivity contribution in [2.45, 2.75) is 233 Å². The molecule has 4 saturated carbocycles. The molecule has 6 saturated heterocycles. The van der Waals surface area contributed by atoms with E-state index in [1.807, 2.05) is 0 Å². The Morgan fingerprint density at radius 3 is 1.64 bits per heavy atom. The lowest BCUT2D eigenvalue weighted by Crippen LogP contribution is -2.68. The number of hydrogen-bond donors (Lipinski definition) is 14. The van der Waals surface area contributed by atoms with Gasteiger partial charge in [-0.15, -0.1) is 0 Å². The molecule has 23 nitrogen and oxygen atoms in total. The van der Waals surface area contributed by atoms with E-state index in [0.717, 1.165) is 45.1 Å². The molecule has 10 fully saturated rings. The van der Waals surface area contributed by atoms with Gasteiger partial charge in [0, 0.05) is 12.5 Å². The lowest BCUT2D eigenvalue weighted by Gasteiger charge is -2.61. The molecular formula is C51H85NO22. The summed E-state index contributed by atoms with van der Waals surface area (Å²) in [7, 11) is 0. The standard InChI is InChI=1S/C51H85NO22/c1-20-7-12-51(52-15-20)21(2)32-27(74-51)14-26-24-6-5-22-13-23(8-10-49(22,3)25(24)9-11-50(26,32)4)66-45-41(65)38(62)42(31(19-56)70-45)71-48-44(73-47-40(64)37(61)34(58)29(17-54)68-47)43(35(59)30(18-55)69-48)72-46-39(63)36(60)33(57)28(16-53)67-46/h20-48,52-65H,5-19H2,1-4H3/t20-,21-,22-,23-,24-,25-,26-,27-,28+,29+,30+,31+,32-,33+,34+,35+,36-,37-,38+,39+,40+,41+,42-,43-,44+,45+,46-,47-,48-,49-,50-,51-/m0/s1. The van der Waals surface area contributed by atoms with Gasteiger partial charge in [-0.3, -0.25) is 5.32 Å². The van der Waals surface area contributed by atoms with Crippen molar-refractivity contribution in [2.24, 2.45) is 52.3 Å². The summed E-state index contributed by atoms with van der Waals surface area (Å²) in [5.41, 5.74) is 0.118. The summed E-state index contributed by atoms with van der Waals surface area (Å²) < 4.78 is 55.2. The van der Waals surface area contributed by atoms with Gasteiger partial charge >= 0.3 is 0 Å². The van der Waals surface area contributed by atoms with Crippen LogP contribution < -0.4 is 5.32 Å². The Morgan fingerprint density at radius 2 is 1.03 bits per heavy atom. The molecule has 14 N–H and O–H groups in total. The Kier molecular flexibility index (Phi) is 16.6. The minimum absolute atomic E-state index is 0.0906. The van der Waals surface area contributed by atoms with Crippen molar-refractivity contribution in [3.63, 3.8) is 0 Å². The predicted octanol–water partition coefficient (Wildman–Crippen LogP) is -3.34. The van der Waals surface area contributed by atoms with Crippen LogP contribution in [0.15, 0.2) is 0 Å². The predicted molar refractivity (Wildman–Crippen MR) is 250 cm³/mol. The van der Waals surface area contributed by atoms with E-state index < -0.39 is 149 Å². The monoisotopic (exact) mass is 1060 g/mol. The van der Waals surface area contributed by atoms with E-state index in [2.05, 4.69) is 33.0 Å². The van der Waals surface area contributed by atoms with Crippen molar-refractivity contribution in [1.82, 2.24) is 5.32 Å². The molecule has 0 aromatic heterocycles. The molecule has 10 rings (SSSR count). The maximum atomic E-state index is 11.8. The average Bonchev–Trinajstić information content (AvgIpc) is 3.84. The number of ether oxygens (including phenoxy) is 9. The Bertz CT molecular complexity index is 1880. The van der Waals surface area contributed by atoms with Crippen LogP contribution in [-0.4, -0.2) is 240 Å². The topological polar surface area (TPSA) is 358 Å². The summed E-state index contributed by atoms with van der Waals surface area (Å²) in [5, 5.41) is 144. The largest absolute Gasteiger partial charge is 0.394 e. The number of aliphatic hydroxyl groups excluding tert-OH is 13. The zero-order valence-corrected chi connectivity index (χ0v) is 42.8. The van der Waals surface area contributed by atoms with Crippen LogP contribution >= 0.6 is 0 Å². The third-order valence-electron chi connectivity index (χ3n) is 20.6. The van der Waals surface area contributed by atoms with E-state index in [-0.39, 0.29) is 28.8 Å². The SMILES string of the molecule is C[C@H]1CC[C@]2(NC1)O[C@H]1C[C@H]3[C@H]4CC[C@H]5C[C@@H](O[C@@H]6O[C@H](CO)[C@H](O[C@@H]7O[C@H](CO)[C@@H](O)[C@H](O[C@@H]8O[C@H](CO)[C@@H](O)[C@H](O)[C@H]8O)[C@H]7O[C@@H]7O[C@H](CO)[C@@H](O)[C@H](O)[C@H]7O)[C@H](O)[C@H]6O)CC[C@]5(C)[C@H]4CC[C@]3(C)[C@H]1[C@@H]2C. The molecule has 10 aliphatic rings. The van der Waals surface area contributed by atoms with Gasteiger partial charge in [-0.1, -0.05) is 27.7 Å². The van der Waals surface area contributed by atoms with Gasteiger partial charge in [0.1, 0.15) is 103 Å². The lowest BCUT2D eigenvalue weighted by atomic mass is 9.44. The van der Waals surface area contributed by atoms with E-state index in [4.69, 9.17) is 42.6 Å². The zero-order valence-electron chi connectivity index (χ0n) is 42.8. The number of fused-ring (bicyclic) bond motifs is 7. The van der Waals surface area contributed by atoms with Gasteiger partial charge in [0.05, 0.1) is 38.6 Å². The summed E-state index contributed by atoms with van der Waals surface area (Å²) in [6.07, 6.45) is -25.5. The zero-order chi connectivity index (χ0) is 52.9. The molecular weight excluding hydrogens is 979 g/mol. The molecule has 1 spiro atoms. The fourth-order valence-corrected chi connectivity index (χ4v) is 16.3. The third-order valence-corrected chi connectivity index (χ3v) is 20.6. The van der Waals surface area contributed by atoms with Crippen LogP contribution in [0.4, 0.5) is 0 Å². The van der Waals surface area contributed by atoms with E-state index in [0.29, 0.717) is 47.8 Å². The van der Waals surface area contributed by atoms with Crippen molar-refractivity contribution in [1.29, 1.82) is 0 Å². The fourth-order valence-electron chi connectivity index (χ4n) is 16.3. The second kappa shape index (κ2) is 21.9. The smallest absolute Gasteiger partial charge is 0.187 e. The van der Waals surface area contributed by atoms with Gasteiger partial charge in [0.15, 0.2) is 25.2 Å². The Labute approximate surface area is 431 Å². The van der Waals surface area contributed by atoms with Gasteiger partial charge in [-0.2, -0.15) is 0 Å². The Morgan fingerprint density at radius 1 is 0.486 bits per heavy atom. The normalized spacial score (nSPS) is 57.6. The van der Waals surface area contributed by atoms with E-state index >= 15 is 0 Å². The van der Waals surface area contributed by atoms with Crippen molar-refractivity contribution >= 4 is 0 Å². The quantitative estimate of drug-likeness (QED) is 0.0850. The number of hydrogen-bond acceptors (Lipinski definition) is 23. The van der Waals surface area contributed by atoms with Crippen LogP contribution in [0.1, 0.15) is 91.9 Å². The average molecular weight is 1060 g/mol. The molecule has 4 aliphatic carbocycles. The van der Waals surface area contributed by atoms with Crippen LogP contribution in [0.3, 0.4) is 0 Å². The first kappa shape index (κ1) is 56.4. The van der Waals surface area contributed by atoms with Gasteiger partial charge in [-0.25, -0.2) is 0 Å². The van der Waals surface area contributed by atoms with Crippen molar-refractivity contribution in [3.05, 3.63) is 0 Å². The van der Waals surface area contributed by atoms with Gasteiger partial charge in [0.2, 0.25) is 0 Å². The second-order valence-corrected chi connectivity index (χ2v) is 24.5. The highest BCUT2D eigenvalue weighted by Crippen LogP contribution is 2.71. The molecule has 0 aromatic carbocycles. The first-order chi connectivity index (χ1) is 35.2. The van der Waals surface area contributed by atoms with Gasteiger partial charge in [0.25, 0.3) is 0 Å². The fraction of sp³-hybridized carbons (Fsp3) is 1.00. The number of nitrogens with one attached hydrogen (secondary N) is 1. The molecule has 0 bridgehead atoms. The number of rotatable bonds is 12. The molecule has 0 aromatic rings. The summed E-state index contributed by atoms with van der Waals surface area (Å²) in [6, 6.07) is 0. The van der Waals surface area contributed by atoms with E-state index in [1.54, 1.807) is 0 Å². The lowest BCUT2D eigenvalue weighted by molar-refractivity contribution is -0.406. The summed E-state index contributed by atoms with van der Waals surface area (Å²) in [6.45, 7) is 7.38. The molecule has 426 valence electrons. The maximum absolute atomic E-state index is 11.8. The summed E-state index contributed by atoms with van der Waals surface area (Å²) in [5.74, 6) is 3.80. The van der Waals surface area contributed by atoms with E-state index in [9.17, 15) is 66.4 Å². The molecule has 6 heterocycles. The minimum Gasteiger partial charge on any atom is -0.394 e. The second-order valence-electron chi connectivity index (χ2n) is 24.5. The van der Waals surface area contributed by atoms with Gasteiger partial charge < -0.3 is 109 Å². The first-order valence-electron chi connectivity index (χ1n) is 27.4. The van der Waals surface area contributed by atoms with Crippen LogP contribution in [0.2, 0.25) is 0 Å². The number of piperidine rings is 1. The summed E-state index contributed by atoms with van der Waals surface area (Å²) >= 11 is 0. The van der Waals surface area contributed by atoms with Crippen LogP contribution in [0.25, 0.3) is 0 Å². The first-order valence-corrected chi connectivity index (χ1v) is 27.4. The molecule has 0 amide bonds. The van der Waals surface area contributed by atoms with Crippen LogP contribution in [0.5, 0.6) is 0 Å². The highest BCUT2D eigenvalue weighted by molar-refractivity contribution is 5.16. The van der Waals surface area contributed by atoms with Crippen LogP contribution in [0, 0.1) is 52.3 Å². The Hall–Kier alpha value is -0.920. The Balaban J connectivity index is 0.820. The number of aliphatic hydroxyl groups is 13. The van der Waals surface area contributed by atoms with Crippen molar-refractivity contribution in [2.75, 3.05) is 33.0 Å². The van der Waals surface area contributed by atoms with Gasteiger partial charge in [-0.05, 0) is 111 Å². The highest BCUT2D eigenvalue weighted by atomic mass is 16.8. The molecule has 0 radical (unpaired) electrons. The highest BCUT2D eigenvalue weighted by Gasteiger charge is 2.69. The summed E-state index contributed by atoms with van der Waals surface area (Å²) in [4.78, 5) is 0.